The maximum Gasteiger partial charge on any atom is 0.240 e. The molecule has 0 spiro atoms. The first kappa shape index (κ1) is 11.7. The summed E-state index contributed by atoms with van der Waals surface area (Å²) in [7, 11) is 0. The summed E-state index contributed by atoms with van der Waals surface area (Å²) in [4.78, 5) is 17.6. The molecule has 1 atom stereocenters. The number of amides is 1. The number of nitrogens with zero attached hydrogens (tertiary/aromatic N) is 2. The van der Waals surface area contributed by atoms with Gasteiger partial charge in [0, 0.05) is 17.1 Å². The predicted octanol–water partition coefficient (Wildman–Crippen LogP) is 3.06. The number of anilines is 1. The van der Waals surface area contributed by atoms with E-state index in [1.54, 1.807) is 29.3 Å². The van der Waals surface area contributed by atoms with Crippen molar-refractivity contribution >= 4 is 34.1 Å². The lowest BCUT2D eigenvalue weighted by Crippen LogP contribution is -2.28. The van der Waals surface area contributed by atoms with Crippen molar-refractivity contribution < 1.29 is 9.18 Å². The molecular formula is C12H9FN2OS2. The zero-order valence-electron chi connectivity index (χ0n) is 9.25. The van der Waals surface area contributed by atoms with Gasteiger partial charge in [-0.2, -0.15) is 0 Å². The van der Waals surface area contributed by atoms with Gasteiger partial charge in [0.2, 0.25) is 5.91 Å². The number of rotatable bonds is 2. The van der Waals surface area contributed by atoms with Gasteiger partial charge in [-0.05, 0) is 6.07 Å². The van der Waals surface area contributed by atoms with E-state index in [0.717, 1.165) is 0 Å². The van der Waals surface area contributed by atoms with E-state index in [-0.39, 0.29) is 17.1 Å². The number of carbonyl (C=O) groups is 1. The molecule has 1 aliphatic heterocycles. The van der Waals surface area contributed by atoms with Gasteiger partial charge in [-0.25, -0.2) is 9.37 Å². The Hall–Kier alpha value is -1.40. The fraction of sp³-hybridized carbons (Fsp3) is 0.167. The minimum absolute atomic E-state index is 0.0248. The quantitative estimate of drug-likeness (QED) is 0.847. The fourth-order valence-corrected chi connectivity index (χ4v) is 3.80. The van der Waals surface area contributed by atoms with Gasteiger partial charge < -0.3 is 0 Å². The van der Waals surface area contributed by atoms with Crippen LogP contribution in [-0.2, 0) is 4.79 Å². The summed E-state index contributed by atoms with van der Waals surface area (Å²) >= 11 is 2.81. The smallest absolute Gasteiger partial charge is 0.240 e. The monoisotopic (exact) mass is 280 g/mol. The van der Waals surface area contributed by atoms with Crippen molar-refractivity contribution in [3.8, 4) is 0 Å². The van der Waals surface area contributed by atoms with Crippen molar-refractivity contribution in [2.75, 3.05) is 10.7 Å². The van der Waals surface area contributed by atoms with Crippen molar-refractivity contribution in [2.24, 2.45) is 0 Å². The van der Waals surface area contributed by atoms with Gasteiger partial charge in [-0.3, -0.25) is 9.69 Å². The van der Waals surface area contributed by atoms with Gasteiger partial charge in [0.1, 0.15) is 11.2 Å². The van der Waals surface area contributed by atoms with Crippen molar-refractivity contribution in [2.45, 2.75) is 5.37 Å². The predicted molar refractivity (Wildman–Crippen MR) is 71.2 cm³/mol. The highest BCUT2D eigenvalue weighted by Crippen LogP contribution is 2.42. The number of thiazole rings is 1. The highest BCUT2D eigenvalue weighted by molar-refractivity contribution is 8.00. The third-order valence-corrected chi connectivity index (χ3v) is 4.63. The number of thioether (sulfide) groups is 1. The maximum absolute atomic E-state index is 13.8. The van der Waals surface area contributed by atoms with Crippen LogP contribution in [0.3, 0.4) is 0 Å². The molecular weight excluding hydrogens is 271 g/mol. The van der Waals surface area contributed by atoms with Gasteiger partial charge in [0.05, 0.1) is 5.75 Å². The normalized spacial score (nSPS) is 19.5. The number of carbonyl (C=O) groups excluding carboxylic acids is 1. The molecule has 0 unspecified atom stereocenters. The molecule has 1 aromatic heterocycles. The van der Waals surface area contributed by atoms with Crippen LogP contribution in [0.5, 0.6) is 0 Å². The Morgan fingerprint density at radius 3 is 2.94 bits per heavy atom. The van der Waals surface area contributed by atoms with E-state index in [1.165, 1.54) is 29.2 Å². The summed E-state index contributed by atoms with van der Waals surface area (Å²) in [5.74, 6) is 0.0490. The van der Waals surface area contributed by atoms with E-state index in [9.17, 15) is 9.18 Å². The largest absolute Gasteiger partial charge is 0.273 e. The summed E-state index contributed by atoms with van der Waals surface area (Å²) in [5, 5.41) is 2.12. The van der Waals surface area contributed by atoms with Crippen LogP contribution < -0.4 is 4.90 Å². The lowest BCUT2D eigenvalue weighted by atomic mass is 10.2. The van der Waals surface area contributed by atoms with Crippen LogP contribution >= 0.6 is 23.1 Å². The van der Waals surface area contributed by atoms with Crippen LogP contribution in [0.4, 0.5) is 9.52 Å². The molecule has 92 valence electrons. The van der Waals surface area contributed by atoms with Gasteiger partial charge in [0.15, 0.2) is 5.13 Å². The first-order valence-electron chi connectivity index (χ1n) is 5.35. The van der Waals surface area contributed by atoms with Gasteiger partial charge >= 0.3 is 0 Å². The third-order valence-electron chi connectivity index (χ3n) is 2.66. The van der Waals surface area contributed by atoms with Gasteiger partial charge in [-0.15, -0.1) is 23.1 Å². The van der Waals surface area contributed by atoms with Crippen LogP contribution in [0.1, 0.15) is 10.9 Å². The summed E-state index contributed by atoms with van der Waals surface area (Å²) in [5.41, 5.74) is 0.531. The van der Waals surface area contributed by atoms with E-state index in [4.69, 9.17) is 0 Å². The molecule has 2 heterocycles. The van der Waals surface area contributed by atoms with E-state index >= 15 is 0 Å². The molecule has 18 heavy (non-hydrogen) atoms. The molecule has 0 bridgehead atoms. The van der Waals surface area contributed by atoms with Crippen LogP contribution in [0.25, 0.3) is 0 Å². The van der Waals surface area contributed by atoms with E-state index in [1.807, 2.05) is 5.38 Å². The van der Waals surface area contributed by atoms with Crippen LogP contribution in [-0.4, -0.2) is 16.6 Å². The zero-order valence-corrected chi connectivity index (χ0v) is 10.9. The maximum atomic E-state index is 13.8. The van der Waals surface area contributed by atoms with Crippen LogP contribution in [0.15, 0.2) is 35.8 Å². The Bertz CT molecular complexity index is 573. The second kappa shape index (κ2) is 4.70. The summed E-state index contributed by atoms with van der Waals surface area (Å²) in [6.45, 7) is 0. The first-order chi connectivity index (χ1) is 8.77. The molecule has 0 radical (unpaired) electrons. The molecule has 0 N–H and O–H groups in total. The standard InChI is InChI=1S/C12H9FN2OS2/c13-9-4-2-1-3-8(9)11-15(10(16)7-18-11)12-14-5-6-17-12/h1-6,11H,7H2/t11-/m0/s1. The Kier molecular flexibility index (Phi) is 3.05. The van der Waals surface area contributed by atoms with E-state index < -0.39 is 0 Å². The van der Waals surface area contributed by atoms with Crippen molar-refractivity contribution in [3.05, 3.63) is 47.2 Å². The first-order valence-corrected chi connectivity index (χ1v) is 7.28. The Labute approximate surface area is 112 Å². The Morgan fingerprint density at radius 1 is 1.39 bits per heavy atom. The van der Waals surface area contributed by atoms with Crippen molar-refractivity contribution in [3.63, 3.8) is 0 Å². The average molecular weight is 280 g/mol. The molecule has 1 amide bonds. The van der Waals surface area contributed by atoms with E-state index in [2.05, 4.69) is 4.98 Å². The molecule has 1 aliphatic rings. The van der Waals surface area contributed by atoms with Gasteiger partial charge in [0.25, 0.3) is 0 Å². The molecule has 0 saturated carbocycles. The number of hydrogen-bond acceptors (Lipinski definition) is 4. The topological polar surface area (TPSA) is 33.2 Å². The summed E-state index contributed by atoms with van der Waals surface area (Å²) < 4.78 is 13.8. The van der Waals surface area contributed by atoms with E-state index in [0.29, 0.717) is 16.4 Å². The zero-order chi connectivity index (χ0) is 12.5. The SMILES string of the molecule is O=C1CS[C@@H](c2ccccc2F)N1c1nccs1. The lowest BCUT2D eigenvalue weighted by molar-refractivity contribution is -0.115. The highest BCUT2D eigenvalue weighted by Gasteiger charge is 2.36. The number of hydrogen-bond donors (Lipinski definition) is 0. The second-order valence-electron chi connectivity index (χ2n) is 3.76. The Morgan fingerprint density at radius 2 is 2.22 bits per heavy atom. The minimum Gasteiger partial charge on any atom is -0.273 e. The lowest BCUT2D eigenvalue weighted by Gasteiger charge is -2.21. The number of benzene rings is 1. The fourth-order valence-electron chi connectivity index (χ4n) is 1.87. The van der Waals surface area contributed by atoms with Crippen molar-refractivity contribution in [1.82, 2.24) is 4.98 Å². The molecule has 3 rings (SSSR count). The minimum atomic E-state index is -0.315. The molecule has 1 aromatic carbocycles. The third kappa shape index (κ3) is 1.91. The average Bonchev–Trinajstić information content (AvgIpc) is 2.98. The molecule has 0 aliphatic carbocycles. The summed E-state index contributed by atoms with van der Waals surface area (Å²) in [6.07, 6.45) is 1.65. The van der Waals surface area contributed by atoms with Crippen LogP contribution in [0, 0.1) is 5.82 Å². The summed E-state index contributed by atoms with van der Waals surface area (Å²) in [6, 6.07) is 6.56. The number of halogens is 1. The molecule has 1 fully saturated rings. The highest BCUT2D eigenvalue weighted by atomic mass is 32.2. The molecule has 6 heteroatoms. The van der Waals surface area contributed by atoms with Crippen molar-refractivity contribution in [1.29, 1.82) is 0 Å². The number of aromatic nitrogens is 1. The van der Waals surface area contributed by atoms with Gasteiger partial charge in [-0.1, -0.05) is 18.2 Å². The molecule has 2 aromatic rings. The van der Waals surface area contributed by atoms with Crippen LogP contribution in [0.2, 0.25) is 0 Å². The molecule has 3 nitrogen and oxygen atoms in total. The molecule has 1 saturated heterocycles. The second-order valence-corrected chi connectivity index (χ2v) is 5.70. The Balaban J connectivity index is 2.02.